The zero-order valence-electron chi connectivity index (χ0n) is 13.3. The molecule has 0 saturated carbocycles. The molecule has 126 valence electrons. The fourth-order valence-electron chi connectivity index (χ4n) is 2.09. The maximum Gasteiger partial charge on any atom is 0.335 e. The smallest absolute Gasteiger partial charge is 0.335 e. The van der Waals surface area contributed by atoms with E-state index >= 15 is 0 Å². The Hall–Kier alpha value is -2.82. The van der Waals surface area contributed by atoms with Crippen molar-refractivity contribution in [3.8, 4) is 5.75 Å². The molecule has 5 heteroatoms. The summed E-state index contributed by atoms with van der Waals surface area (Å²) in [6, 6.07) is 15.7. The summed E-state index contributed by atoms with van der Waals surface area (Å²) in [5.74, 6) is -0.564. The Kier molecular flexibility index (Phi) is 6.83. The molecule has 0 aliphatic carbocycles. The first-order chi connectivity index (χ1) is 11.6. The van der Waals surface area contributed by atoms with Gasteiger partial charge in [0.05, 0.1) is 25.2 Å². The Bertz CT molecular complexity index is 649. The number of rotatable bonds is 9. The van der Waals surface area contributed by atoms with Gasteiger partial charge in [0, 0.05) is 0 Å². The number of ether oxygens (including phenoxy) is 2. The van der Waals surface area contributed by atoms with Crippen LogP contribution in [-0.4, -0.2) is 30.3 Å². The average molecular weight is 328 g/mol. The van der Waals surface area contributed by atoms with Crippen molar-refractivity contribution in [3.05, 3.63) is 65.7 Å². The lowest BCUT2D eigenvalue weighted by molar-refractivity contribution is -0.143. The zero-order chi connectivity index (χ0) is 17.2. The highest BCUT2D eigenvalue weighted by Gasteiger charge is 2.04. The third-order valence-corrected chi connectivity index (χ3v) is 3.36. The van der Waals surface area contributed by atoms with Crippen molar-refractivity contribution in [2.45, 2.75) is 19.3 Å². The Morgan fingerprint density at radius 3 is 2.21 bits per heavy atom. The van der Waals surface area contributed by atoms with E-state index in [-0.39, 0.29) is 18.0 Å². The number of esters is 1. The highest BCUT2D eigenvalue weighted by molar-refractivity contribution is 5.87. The number of hydrogen-bond donors (Lipinski definition) is 1. The number of hydrogen-bond acceptors (Lipinski definition) is 4. The molecule has 0 amide bonds. The van der Waals surface area contributed by atoms with Gasteiger partial charge in [-0.1, -0.05) is 30.3 Å². The molecule has 0 aromatic heterocycles. The van der Waals surface area contributed by atoms with Crippen molar-refractivity contribution in [2.24, 2.45) is 0 Å². The van der Waals surface area contributed by atoms with Crippen LogP contribution >= 0.6 is 0 Å². The van der Waals surface area contributed by atoms with Crippen LogP contribution in [0, 0.1) is 0 Å². The number of carbonyl (C=O) groups excluding carboxylic acids is 1. The molecule has 0 aliphatic heterocycles. The second-order valence-electron chi connectivity index (χ2n) is 5.27. The predicted molar refractivity (Wildman–Crippen MR) is 89.2 cm³/mol. The first kappa shape index (κ1) is 17.5. The average Bonchev–Trinajstić information content (AvgIpc) is 2.59. The normalized spacial score (nSPS) is 10.2. The Morgan fingerprint density at radius 2 is 1.54 bits per heavy atom. The van der Waals surface area contributed by atoms with Gasteiger partial charge < -0.3 is 14.6 Å². The minimum Gasteiger partial charge on any atom is -0.494 e. The van der Waals surface area contributed by atoms with Gasteiger partial charge in [0.2, 0.25) is 0 Å². The number of carbonyl (C=O) groups is 2. The lowest BCUT2D eigenvalue weighted by Gasteiger charge is -2.07. The van der Waals surface area contributed by atoms with Gasteiger partial charge in [-0.05, 0) is 42.7 Å². The molecular formula is C19H20O5. The lowest BCUT2D eigenvalue weighted by atomic mass is 10.2. The van der Waals surface area contributed by atoms with E-state index in [0.29, 0.717) is 25.4 Å². The third kappa shape index (κ3) is 6.12. The summed E-state index contributed by atoms with van der Waals surface area (Å²) in [7, 11) is 0. The summed E-state index contributed by atoms with van der Waals surface area (Å²) < 4.78 is 10.7. The van der Waals surface area contributed by atoms with Gasteiger partial charge >= 0.3 is 11.9 Å². The highest BCUT2D eigenvalue weighted by atomic mass is 16.5. The highest BCUT2D eigenvalue weighted by Crippen LogP contribution is 2.12. The summed E-state index contributed by atoms with van der Waals surface area (Å²) in [4.78, 5) is 22.4. The van der Waals surface area contributed by atoms with Crippen LogP contribution in [0.2, 0.25) is 0 Å². The maximum atomic E-state index is 11.7. The molecule has 0 atom stereocenters. The van der Waals surface area contributed by atoms with Crippen molar-refractivity contribution in [1.29, 1.82) is 0 Å². The third-order valence-electron chi connectivity index (χ3n) is 3.36. The molecule has 2 aromatic carbocycles. The van der Waals surface area contributed by atoms with Crippen molar-refractivity contribution in [2.75, 3.05) is 13.2 Å². The van der Waals surface area contributed by atoms with Crippen LogP contribution in [0.1, 0.15) is 28.8 Å². The van der Waals surface area contributed by atoms with Gasteiger partial charge in [0.1, 0.15) is 5.75 Å². The number of carboxylic acid groups (broad SMARTS) is 1. The van der Waals surface area contributed by atoms with Crippen molar-refractivity contribution in [1.82, 2.24) is 0 Å². The molecule has 0 heterocycles. The van der Waals surface area contributed by atoms with Gasteiger partial charge in [-0.2, -0.15) is 0 Å². The van der Waals surface area contributed by atoms with Crippen molar-refractivity contribution in [3.63, 3.8) is 0 Å². The molecule has 2 rings (SSSR count). The van der Waals surface area contributed by atoms with Gasteiger partial charge in [-0.15, -0.1) is 0 Å². The first-order valence-electron chi connectivity index (χ1n) is 7.81. The molecule has 0 radical (unpaired) electrons. The van der Waals surface area contributed by atoms with Crippen molar-refractivity contribution < 1.29 is 24.2 Å². The minimum absolute atomic E-state index is 0.229. The van der Waals surface area contributed by atoms with Gasteiger partial charge in [-0.25, -0.2) is 4.79 Å². The van der Waals surface area contributed by atoms with E-state index in [1.54, 1.807) is 12.1 Å². The van der Waals surface area contributed by atoms with Crippen LogP contribution in [0.3, 0.4) is 0 Å². The Morgan fingerprint density at radius 1 is 0.875 bits per heavy atom. The van der Waals surface area contributed by atoms with Gasteiger partial charge in [0.25, 0.3) is 0 Å². The number of benzene rings is 2. The Balaban J connectivity index is 1.56. The zero-order valence-corrected chi connectivity index (χ0v) is 13.3. The largest absolute Gasteiger partial charge is 0.494 e. The molecule has 0 spiro atoms. The quantitative estimate of drug-likeness (QED) is 0.564. The van der Waals surface area contributed by atoms with Crippen LogP contribution in [-0.2, 0) is 16.0 Å². The first-order valence-corrected chi connectivity index (χ1v) is 7.81. The van der Waals surface area contributed by atoms with E-state index in [9.17, 15) is 9.59 Å². The predicted octanol–water partition coefficient (Wildman–Crippen LogP) is 3.33. The minimum atomic E-state index is -0.959. The van der Waals surface area contributed by atoms with E-state index in [1.165, 1.54) is 12.1 Å². The van der Waals surface area contributed by atoms with Crippen LogP contribution in [0.4, 0.5) is 0 Å². The second kappa shape index (κ2) is 9.35. The topological polar surface area (TPSA) is 72.8 Å². The maximum absolute atomic E-state index is 11.7. The van der Waals surface area contributed by atoms with Crippen LogP contribution in [0.15, 0.2) is 54.6 Å². The monoisotopic (exact) mass is 328 g/mol. The molecule has 0 unspecified atom stereocenters. The molecular weight excluding hydrogens is 308 g/mol. The fourth-order valence-corrected chi connectivity index (χ4v) is 2.09. The van der Waals surface area contributed by atoms with E-state index in [1.807, 2.05) is 30.3 Å². The molecule has 0 fully saturated rings. The van der Waals surface area contributed by atoms with Crippen molar-refractivity contribution >= 4 is 11.9 Å². The van der Waals surface area contributed by atoms with Crippen LogP contribution in [0.5, 0.6) is 5.75 Å². The summed E-state index contributed by atoms with van der Waals surface area (Å²) in [6.45, 7) is 0.857. The Labute approximate surface area is 140 Å². The molecule has 2 aromatic rings. The summed E-state index contributed by atoms with van der Waals surface area (Å²) >= 11 is 0. The SMILES string of the molecule is O=C(Cc1ccccc1)OCCCCOc1ccc(C(=O)O)cc1. The van der Waals surface area contributed by atoms with E-state index in [4.69, 9.17) is 14.6 Å². The number of aromatic carboxylic acids is 1. The molecule has 0 aliphatic rings. The van der Waals surface area contributed by atoms with Gasteiger partial charge in [0.15, 0.2) is 0 Å². The fraction of sp³-hybridized carbons (Fsp3) is 0.263. The molecule has 5 nitrogen and oxygen atoms in total. The summed E-state index contributed by atoms with van der Waals surface area (Å²) in [6.07, 6.45) is 1.75. The lowest BCUT2D eigenvalue weighted by Crippen LogP contribution is -2.09. The number of carboxylic acids is 1. The van der Waals surface area contributed by atoms with E-state index < -0.39 is 5.97 Å². The van der Waals surface area contributed by atoms with E-state index in [2.05, 4.69) is 0 Å². The summed E-state index contributed by atoms with van der Waals surface area (Å²) in [5, 5.41) is 8.80. The van der Waals surface area contributed by atoms with Crippen LogP contribution in [0.25, 0.3) is 0 Å². The second-order valence-corrected chi connectivity index (χ2v) is 5.27. The van der Waals surface area contributed by atoms with Crippen LogP contribution < -0.4 is 4.74 Å². The van der Waals surface area contributed by atoms with Gasteiger partial charge in [-0.3, -0.25) is 4.79 Å². The molecule has 0 bridgehead atoms. The molecule has 24 heavy (non-hydrogen) atoms. The molecule has 1 N–H and O–H groups in total. The number of unbranched alkanes of at least 4 members (excludes halogenated alkanes) is 1. The molecule has 0 saturated heterocycles. The van der Waals surface area contributed by atoms with E-state index in [0.717, 1.165) is 12.0 Å². The summed E-state index contributed by atoms with van der Waals surface area (Å²) in [5.41, 5.74) is 1.17. The standard InChI is InChI=1S/C19H20O5/c20-18(14-15-6-2-1-3-7-15)24-13-5-4-12-23-17-10-8-16(9-11-17)19(21)22/h1-3,6-11H,4-5,12-14H2,(H,21,22).